The van der Waals surface area contributed by atoms with Crippen molar-refractivity contribution in [2.75, 3.05) is 7.11 Å². The summed E-state index contributed by atoms with van der Waals surface area (Å²) in [6, 6.07) is 3.98. The van der Waals surface area contributed by atoms with Crippen LogP contribution in [0.4, 0.5) is 5.69 Å². The van der Waals surface area contributed by atoms with E-state index in [1.807, 2.05) is 0 Å². The Hall–Kier alpha value is -2.15. The van der Waals surface area contributed by atoms with E-state index in [4.69, 9.17) is 9.94 Å². The molecule has 0 saturated carbocycles. The predicted molar refractivity (Wildman–Crippen MR) is 48.9 cm³/mol. The van der Waals surface area contributed by atoms with Crippen molar-refractivity contribution < 1.29 is 19.7 Å². The summed E-state index contributed by atoms with van der Waals surface area (Å²) in [6.07, 6.45) is 0. The summed E-state index contributed by atoms with van der Waals surface area (Å²) >= 11 is 0. The van der Waals surface area contributed by atoms with Gasteiger partial charge in [-0.15, -0.1) is 0 Å². The number of benzene rings is 1. The molecule has 7 heteroatoms. The number of nitrogens with zero attached hydrogens (tertiary/aromatic N) is 1. The third kappa shape index (κ3) is 2.02. The molecule has 0 aromatic heterocycles. The van der Waals surface area contributed by atoms with Crippen LogP contribution in [0.3, 0.4) is 0 Å². The molecule has 7 nitrogen and oxygen atoms in total. The summed E-state index contributed by atoms with van der Waals surface area (Å²) in [5.74, 6) is -0.998. The number of ether oxygens (including phenoxy) is 1. The average molecular weight is 212 g/mol. The number of hydroxylamine groups is 1. The maximum atomic E-state index is 11.1. The van der Waals surface area contributed by atoms with Crippen LogP contribution >= 0.6 is 0 Å². The van der Waals surface area contributed by atoms with Crippen LogP contribution in [0.15, 0.2) is 18.2 Å². The van der Waals surface area contributed by atoms with Crippen LogP contribution in [0.1, 0.15) is 10.4 Å². The molecule has 0 unspecified atom stereocenters. The van der Waals surface area contributed by atoms with Crippen molar-refractivity contribution in [3.05, 3.63) is 33.9 Å². The molecule has 0 bridgehead atoms. The van der Waals surface area contributed by atoms with E-state index in [1.54, 1.807) is 0 Å². The molecule has 0 saturated heterocycles. The van der Waals surface area contributed by atoms with Crippen molar-refractivity contribution in [3.63, 3.8) is 0 Å². The van der Waals surface area contributed by atoms with Crippen LogP contribution in [-0.4, -0.2) is 23.1 Å². The molecule has 0 atom stereocenters. The van der Waals surface area contributed by atoms with Crippen molar-refractivity contribution in [1.82, 2.24) is 5.48 Å². The summed E-state index contributed by atoms with van der Waals surface area (Å²) in [5.41, 5.74) is 0.587. The number of hydrogen-bond donors (Lipinski definition) is 2. The first-order chi connectivity index (χ1) is 7.11. The predicted octanol–water partition coefficient (Wildman–Crippen LogP) is 0.722. The molecular formula is C8H8N2O5. The van der Waals surface area contributed by atoms with Gasteiger partial charge in [-0.25, -0.2) is 5.48 Å². The largest absolute Gasteiger partial charge is 0.490 e. The lowest BCUT2D eigenvalue weighted by molar-refractivity contribution is -0.386. The van der Waals surface area contributed by atoms with Crippen molar-refractivity contribution >= 4 is 11.6 Å². The lowest BCUT2D eigenvalue weighted by Crippen LogP contribution is -2.20. The van der Waals surface area contributed by atoms with Crippen molar-refractivity contribution in [1.29, 1.82) is 0 Å². The summed E-state index contributed by atoms with van der Waals surface area (Å²) in [4.78, 5) is 21.0. The maximum Gasteiger partial charge on any atom is 0.323 e. The average Bonchev–Trinajstić information content (AvgIpc) is 2.26. The molecule has 0 radical (unpaired) electrons. The zero-order valence-corrected chi connectivity index (χ0v) is 7.76. The number of nitrogens with one attached hydrogen (secondary N) is 1. The number of hydrogen-bond acceptors (Lipinski definition) is 5. The molecule has 15 heavy (non-hydrogen) atoms. The molecule has 1 rings (SSSR count). The number of amides is 1. The fraction of sp³-hybridized carbons (Fsp3) is 0.125. The second kappa shape index (κ2) is 4.38. The molecule has 0 aliphatic rings. The van der Waals surface area contributed by atoms with Gasteiger partial charge in [0.1, 0.15) is 5.56 Å². The Labute approximate surface area is 84.4 Å². The fourth-order valence-electron chi connectivity index (χ4n) is 1.12. The van der Waals surface area contributed by atoms with Crippen LogP contribution in [0.2, 0.25) is 0 Å². The van der Waals surface area contributed by atoms with Gasteiger partial charge in [-0.1, -0.05) is 6.07 Å². The maximum absolute atomic E-state index is 11.1. The lowest BCUT2D eigenvalue weighted by Gasteiger charge is -2.04. The van der Waals surface area contributed by atoms with Crippen LogP contribution < -0.4 is 10.2 Å². The molecule has 80 valence electrons. The molecule has 0 heterocycles. The first-order valence-corrected chi connectivity index (χ1v) is 3.87. The fourth-order valence-corrected chi connectivity index (χ4v) is 1.12. The van der Waals surface area contributed by atoms with Gasteiger partial charge in [0.05, 0.1) is 12.0 Å². The first-order valence-electron chi connectivity index (χ1n) is 3.87. The molecule has 0 spiro atoms. The molecular weight excluding hydrogens is 204 g/mol. The highest BCUT2D eigenvalue weighted by atomic mass is 16.6. The number of nitro groups is 1. The summed E-state index contributed by atoms with van der Waals surface area (Å²) < 4.78 is 4.74. The van der Waals surface area contributed by atoms with E-state index in [2.05, 4.69) is 0 Å². The van der Waals surface area contributed by atoms with Crippen LogP contribution in [0.25, 0.3) is 0 Å². The SMILES string of the molecule is COc1cccc(C(=O)NO)c1[N+](=O)[O-]. The molecule has 2 N–H and O–H groups in total. The zero-order chi connectivity index (χ0) is 11.4. The molecule has 1 aromatic carbocycles. The van der Waals surface area contributed by atoms with Gasteiger partial charge in [0.25, 0.3) is 5.91 Å². The summed E-state index contributed by atoms with van der Waals surface area (Å²) in [6.45, 7) is 0. The van der Waals surface area contributed by atoms with Gasteiger partial charge in [-0.3, -0.25) is 20.1 Å². The normalized spacial score (nSPS) is 9.47. The Kier molecular flexibility index (Phi) is 3.19. The van der Waals surface area contributed by atoms with Gasteiger partial charge in [0.2, 0.25) is 0 Å². The molecule has 0 aliphatic heterocycles. The number of rotatable bonds is 3. The first kappa shape index (κ1) is 10.9. The van der Waals surface area contributed by atoms with E-state index in [1.165, 1.54) is 30.8 Å². The topological polar surface area (TPSA) is 102 Å². The monoisotopic (exact) mass is 212 g/mol. The lowest BCUT2D eigenvalue weighted by atomic mass is 10.1. The Morgan fingerprint density at radius 3 is 2.73 bits per heavy atom. The highest BCUT2D eigenvalue weighted by Crippen LogP contribution is 2.30. The standard InChI is InChI=1S/C8H8N2O5/c1-15-6-4-2-3-5(8(11)9-12)7(6)10(13)14/h2-4,12H,1H3,(H,9,11). The summed E-state index contributed by atoms with van der Waals surface area (Å²) in [5, 5.41) is 19.1. The third-order valence-corrected chi connectivity index (χ3v) is 1.75. The minimum absolute atomic E-state index is 0.0406. The Balaban J connectivity index is 3.38. The summed E-state index contributed by atoms with van der Waals surface area (Å²) in [7, 11) is 1.25. The zero-order valence-electron chi connectivity index (χ0n) is 7.76. The van der Waals surface area contributed by atoms with E-state index in [0.717, 1.165) is 0 Å². The number of methoxy groups -OCH3 is 1. The number of carbonyl (C=O) groups excluding carboxylic acids is 1. The minimum Gasteiger partial charge on any atom is -0.490 e. The highest BCUT2D eigenvalue weighted by Gasteiger charge is 2.24. The second-order valence-corrected chi connectivity index (χ2v) is 2.55. The Morgan fingerprint density at radius 1 is 1.60 bits per heavy atom. The van der Waals surface area contributed by atoms with Crippen LogP contribution in [0.5, 0.6) is 5.75 Å². The number of para-hydroxylation sites is 1. The van der Waals surface area contributed by atoms with Gasteiger partial charge < -0.3 is 4.74 Å². The van der Waals surface area contributed by atoms with Gasteiger partial charge in [0, 0.05) is 0 Å². The highest BCUT2D eigenvalue weighted by molar-refractivity contribution is 5.98. The van der Waals surface area contributed by atoms with Crippen molar-refractivity contribution in [2.45, 2.75) is 0 Å². The van der Waals surface area contributed by atoms with Crippen LogP contribution in [0, 0.1) is 10.1 Å². The van der Waals surface area contributed by atoms with E-state index in [-0.39, 0.29) is 11.3 Å². The number of carbonyl (C=O) groups is 1. The van der Waals surface area contributed by atoms with E-state index in [9.17, 15) is 14.9 Å². The van der Waals surface area contributed by atoms with E-state index < -0.39 is 16.5 Å². The van der Waals surface area contributed by atoms with Crippen molar-refractivity contribution in [2.24, 2.45) is 0 Å². The molecule has 0 aliphatic carbocycles. The Morgan fingerprint density at radius 2 is 2.27 bits per heavy atom. The smallest absolute Gasteiger partial charge is 0.323 e. The van der Waals surface area contributed by atoms with Gasteiger partial charge in [-0.05, 0) is 12.1 Å². The van der Waals surface area contributed by atoms with Crippen molar-refractivity contribution in [3.8, 4) is 5.75 Å². The van der Waals surface area contributed by atoms with E-state index in [0.29, 0.717) is 0 Å². The number of nitro benzene ring substituents is 1. The molecule has 1 aromatic rings. The van der Waals surface area contributed by atoms with Gasteiger partial charge in [-0.2, -0.15) is 0 Å². The van der Waals surface area contributed by atoms with Crippen LogP contribution in [-0.2, 0) is 0 Å². The Bertz CT molecular complexity index is 404. The molecule has 0 fully saturated rings. The second-order valence-electron chi connectivity index (χ2n) is 2.55. The molecule has 1 amide bonds. The van der Waals surface area contributed by atoms with Gasteiger partial charge in [0.15, 0.2) is 5.75 Å². The quantitative estimate of drug-likeness (QED) is 0.436. The van der Waals surface area contributed by atoms with Gasteiger partial charge >= 0.3 is 5.69 Å². The third-order valence-electron chi connectivity index (χ3n) is 1.75. The minimum atomic E-state index is -0.958. The van der Waals surface area contributed by atoms with E-state index >= 15 is 0 Å².